The number of β-amino-alcohol motifs (C(OH)–C–C–N with tert-alkyl or cyclic N) is 1. The number of carbonyl (C=O) groups excluding carboxylic acids is 3. The maximum absolute atomic E-state index is 13.4. The van der Waals surface area contributed by atoms with E-state index in [1.54, 1.807) is 13.8 Å². The first-order valence-corrected chi connectivity index (χ1v) is 11.1. The molecule has 0 spiro atoms. The molecule has 0 saturated heterocycles. The van der Waals surface area contributed by atoms with Crippen molar-refractivity contribution in [1.29, 1.82) is 0 Å². The number of hydrogen-bond donors (Lipinski definition) is 3. The van der Waals surface area contributed by atoms with Gasteiger partial charge in [-0.3, -0.25) is 19.3 Å². The molecule has 3 N–H and O–H groups in total. The van der Waals surface area contributed by atoms with Crippen LogP contribution in [0.1, 0.15) is 41.5 Å². The Kier molecular flexibility index (Phi) is 10.2. The van der Waals surface area contributed by atoms with E-state index in [9.17, 15) is 29.7 Å². The van der Waals surface area contributed by atoms with Gasteiger partial charge in [0.2, 0.25) is 0 Å². The fraction of sp³-hybridized carbons (Fsp3) is 0.833. The monoisotopic (exact) mass is 593 g/mol. The lowest BCUT2D eigenvalue weighted by atomic mass is 9.76. The quantitative estimate of drug-likeness (QED) is 0.232. The molecule has 0 aromatic rings. The van der Waals surface area contributed by atoms with E-state index in [4.69, 9.17) is 0 Å². The summed E-state index contributed by atoms with van der Waals surface area (Å²) in [5.41, 5.74) is -2.18. The van der Waals surface area contributed by atoms with Crippen LogP contribution in [0.3, 0.4) is 0 Å². The normalized spacial score (nSPS) is 14.9. The maximum atomic E-state index is 13.4. The van der Waals surface area contributed by atoms with E-state index in [1.807, 2.05) is 0 Å². The highest BCUT2D eigenvalue weighted by molar-refractivity contribution is 9.10. The van der Waals surface area contributed by atoms with Crippen LogP contribution in [0, 0.1) is 0 Å². The number of Topliss-reactive ketones (excluding diaryl/α,β-unsaturated/α-hetero) is 3. The predicted octanol–water partition coefficient (Wildman–Crippen LogP) is 1.60. The highest BCUT2D eigenvalue weighted by Gasteiger charge is 2.59. The number of rotatable bonds is 12. The van der Waals surface area contributed by atoms with Gasteiger partial charge in [-0.2, -0.15) is 0 Å². The minimum Gasteiger partial charge on any atom is -0.395 e. The number of aliphatic hydroxyl groups is 3. The molecule has 0 radical (unpaired) electrons. The van der Waals surface area contributed by atoms with Gasteiger partial charge in [0.05, 0.1) is 38.8 Å². The Morgan fingerprint density at radius 2 is 1.21 bits per heavy atom. The van der Waals surface area contributed by atoms with Crippen LogP contribution in [-0.4, -0.2) is 88.5 Å². The molecule has 0 aliphatic carbocycles. The average Bonchev–Trinajstić information content (AvgIpc) is 2.53. The summed E-state index contributed by atoms with van der Waals surface area (Å²) in [7, 11) is 0. The Balaban J connectivity index is 6.95. The van der Waals surface area contributed by atoms with Crippen molar-refractivity contribution >= 4 is 65.1 Å². The molecule has 28 heavy (non-hydrogen) atoms. The summed E-state index contributed by atoms with van der Waals surface area (Å²) in [6.07, 6.45) is 0. The SMILES string of the molecule is CC(C)(Br)C(=O)C(CO)N(CCO)C(CO)(C(=O)C(C)(C)Br)C(=O)C(C)(C)Br. The third kappa shape index (κ3) is 6.15. The van der Waals surface area contributed by atoms with Crippen molar-refractivity contribution in [3.8, 4) is 0 Å². The summed E-state index contributed by atoms with van der Waals surface area (Å²) in [6, 6.07) is -1.31. The van der Waals surface area contributed by atoms with Crippen LogP contribution in [-0.2, 0) is 14.4 Å². The molecule has 1 unspecified atom stereocenters. The molecule has 0 aliphatic rings. The number of hydrogen-bond acceptors (Lipinski definition) is 7. The molecule has 0 fully saturated rings. The molecular weight excluding hydrogens is 566 g/mol. The Morgan fingerprint density at radius 1 is 0.821 bits per heavy atom. The first-order valence-electron chi connectivity index (χ1n) is 8.73. The van der Waals surface area contributed by atoms with Gasteiger partial charge in [0, 0.05) is 6.54 Å². The van der Waals surface area contributed by atoms with Crippen molar-refractivity contribution in [1.82, 2.24) is 4.90 Å². The van der Waals surface area contributed by atoms with Gasteiger partial charge in [0.25, 0.3) is 0 Å². The number of alkyl halides is 3. The minimum atomic E-state index is -2.18. The smallest absolute Gasteiger partial charge is 0.179 e. The van der Waals surface area contributed by atoms with E-state index in [0.717, 1.165) is 4.90 Å². The molecule has 7 nitrogen and oxygen atoms in total. The lowest BCUT2D eigenvalue weighted by Crippen LogP contribution is -2.73. The van der Waals surface area contributed by atoms with E-state index in [0.29, 0.717) is 0 Å². The standard InChI is InChI=1S/C18H30Br3NO6/c1-15(2,19)12(26)11(9-24)22(7-8-23)18(10-25,13(27)16(3,4)20)14(28)17(5,6)21/h11,23-25H,7-10H2,1-6H3. The van der Waals surface area contributed by atoms with E-state index >= 15 is 0 Å². The van der Waals surface area contributed by atoms with Crippen molar-refractivity contribution in [3.63, 3.8) is 0 Å². The van der Waals surface area contributed by atoms with Crippen LogP contribution in [0.25, 0.3) is 0 Å². The highest BCUT2D eigenvalue weighted by Crippen LogP contribution is 2.37. The molecule has 1 atom stereocenters. The van der Waals surface area contributed by atoms with Crippen LogP contribution >= 0.6 is 47.8 Å². The Hall–Kier alpha value is 0.290. The van der Waals surface area contributed by atoms with E-state index < -0.39 is 61.7 Å². The Morgan fingerprint density at radius 3 is 1.43 bits per heavy atom. The fourth-order valence-corrected chi connectivity index (χ4v) is 3.94. The minimum absolute atomic E-state index is 0.287. The predicted molar refractivity (Wildman–Crippen MR) is 119 cm³/mol. The third-order valence-electron chi connectivity index (χ3n) is 4.33. The Labute approximate surface area is 191 Å². The molecule has 0 heterocycles. The second-order valence-electron chi connectivity index (χ2n) is 8.07. The van der Waals surface area contributed by atoms with Crippen molar-refractivity contribution in [3.05, 3.63) is 0 Å². The number of nitrogens with zero attached hydrogens (tertiary/aromatic N) is 1. The summed E-state index contributed by atoms with van der Waals surface area (Å²) in [4.78, 5) is 41.0. The molecule has 0 rings (SSSR count). The molecule has 0 saturated carbocycles. The number of ketones is 3. The second kappa shape index (κ2) is 10.1. The van der Waals surface area contributed by atoms with E-state index in [2.05, 4.69) is 47.8 Å². The zero-order chi connectivity index (χ0) is 22.7. The molecule has 164 valence electrons. The van der Waals surface area contributed by atoms with Crippen LogP contribution in [0.5, 0.6) is 0 Å². The van der Waals surface area contributed by atoms with Gasteiger partial charge in [-0.1, -0.05) is 47.8 Å². The maximum Gasteiger partial charge on any atom is 0.179 e. The van der Waals surface area contributed by atoms with E-state index in [-0.39, 0.29) is 6.54 Å². The first-order chi connectivity index (χ1) is 12.4. The van der Waals surface area contributed by atoms with Gasteiger partial charge >= 0.3 is 0 Å². The van der Waals surface area contributed by atoms with Crippen molar-refractivity contribution in [2.45, 2.75) is 66.1 Å². The van der Waals surface area contributed by atoms with Crippen molar-refractivity contribution in [2.75, 3.05) is 26.4 Å². The Bertz CT molecular complexity index is 564. The molecule has 0 aromatic heterocycles. The summed E-state index contributed by atoms with van der Waals surface area (Å²) < 4.78 is -3.54. The summed E-state index contributed by atoms with van der Waals surface area (Å²) in [5.74, 6) is -1.87. The van der Waals surface area contributed by atoms with E-state index in [1.165, 1.54) is 27.7 Å². The summed E-state index contributed by atoms with van der Waals surface area (Å²) >= 11 is 9.74. The third-order valence-corrected chi connectivity index (χ3v) is 5.44. The van der Waals surface area contributed by atoms with Gasteiger partial charge in [-0.25, -0.2) is 0 Å². The number of carbonyl (C=O) groups is 3. The van der Waals surface area contributed by atoms with Crippen LogP contribution < -0.4 is 0 Å². The van der Waals surface area contributed by atoms with Crippen LogP contribution in [0.2, 0.25) is 0 Å². The number of aliphatic hydroxyl groups excluding tert-OH is 3. The lowest BCUT2D eigenvalue weighted by molar-refractivity contribution is -0.155. The number of halogens is 3. The molecular formula is C18H30Br3NO6. The topological polar surface area (TPSA) is 115 Å². The molecule has 0 bridgehead atoms. The highest BCUT2D eigenvalue weighted by atomic mass is 79.9. The van der Waals surface area contributed by atoms with Gasteiger partial charge in [0.15, 0.2) is 22.9 Å². The zero-order valence-electron chi connectivity index (χ0n) is 17.1. The molecule has 0 aliphatic heterocycles. The molecule has 0 aromatic carbocycles. The fourth-order valence-electron chi connectivity index (χ4n) is 3.02. The average molecular weight is 596 g/mol. The zero-order valence-corrected chi connectivity index (χ0v) is 21.8. The first kappa shape index (κ1) is 28.3. The van der Waals surface area contributed by atoms with Crippen molar-refractivity contribution in [2.24, 2.45) is 0 Å². The van der Waals surface area contributed by atoms with Crippen LogP contribution in [0.4, 0.5) is 0 Å². The van der Waals surface area contributed by atoms with Gasteiger partial charge in [-0.05, 0) is 41.5 Å². The molecule has 10 heteroatoms. The van der Waals surface area contributed by atoms with Gasteiger partial charge < -0.3 is 15.3 Å². The summed E-state index contributed by atoms with van der Waals surface area (Å²) in [5, 5.41) is 30.0. The second-order valence-corrected chi connectivity index (χ2v) is 14.0. The largest absolute Gasteiger partial charge is 0.395 e. The van der Waals surface area contributed by atoms with Crippen LogP contribution in [0.15, 0.2) is 0 Å². The van der Waals surface area contributed by atoms with Gasteiger partial charge in [-0.15, -0.1) is 0 Å². The van der Waals surface area contributed by atoms with Gasteiger partial charge in [0.1, 0.15) is 0 Å². The molecule has 0 amide bonds. The summed E-state index contributed by atoms with van der Waals surface area (Å²) in [6.45, 7) is 6.81. The lowest BCUT2D eigenvalue weighted by Gasteiger charge is -2.48. The van der Waals surface area contributed by atoms with Crippen molar-refractivity contribution < 1.29 is 29.7 Å².